The highest BCUT2D eigenvalue weighted by atomic mass is 16.5. The molecule has 1 rings (SSSR count). The summed E-state index contributed by atoms with van der Waals surface area (Å²) in [5, 5.41) is 9.07. The van der Waals surface area contributed by atoms with Crippen LogP contribution in [-0.2, 0) is 9.53 Å². The number of methoxy groups -OCH3 is 1. The molecule has 0 radical (unpaired) electrons. The van der Waals surface area contributed by atoms with Crippen molar-refractivity contribution in [3.8, 4) is 6.07 Å². The summed E-state index contributed by atoms with van der Waals surface area (Å²) in [6.45, 7) is 8.04. The molecule has 1 aliphatic rings. The van der Waals surface area contributed by atoms with Gasteiger partial charge < -0.3 is 4.74 Å². The molecule has 122 valence electrons. The number of carbonyl (C=O) groups is 1. The van der Waals surface area contributed by atoms with Crippen LogP contribution < -0.4 is 0 Å². The van der Waals surface area contributed by atoms with E-state index in [9.17, 15) is 4.79 Å². The molecule has 0 bridgehead atoms. The summed E-state index contributed by atoms with van der Waals surface area (Å²) in [5.41, 5.74) is 0.525. The molecule has 0 N–H and O–H groups in total. The molecule has 0 aromatic rings. The lowest BCUT2D eigenvalue weighted by molar-refractivity contribution is -0.154. The third kappa shape index (κ3) is 4.73. The lowest BCUT2D eigenvalue weighted by atomic mass is 9.69. The zero-order valence-corrected chi connectivity index (χ0v) is 14.6. The van der Waals surface area contributed by atoms with Crippen molar-refractivity contribution >= 4 is 5.97 Å². The average molecular weight is 303 g/mol. The number of nitriles is 1. The van der Waals surface area contributed by atoms with Crippen LogP contribution in [-0.4, -0.2) is 13.1 Å². The van der Waals surface area contributed by atoms with Gasteiger partial charge in [-0.3, -0.25) is 4.79 Å². The van der Waals surface area contributed by atoms with E-state index in [1.165, 1.54) is 12.7 Å². The molecule has 0 aromatic heterocycles. The first kappa shape index (κ1) is 18.5. The highest BCUT2D eigenvalue weighted by molar-refractivity contribution is 5.77. The molecule has 2 unspecified atom stereocenters. The molecule has 0 saturated heterocycles. The van der Waals surface area contributed by atoms with E-state index in [1.807, 2.05) is 26.8 Å². The van der Waals surface area contributed by atoms with E-state index in [-0.39, 0.29) is 17.3 Å². The third-order valence-corrected chi connectivity index (χ3v) is 4.79. The normalized spacial score (nSPS) is 20.7. The van der Waals surface area contributed by atoms with Gasteiger partial charge in [0.1, 0.15) is 0 Å². The van der Waals surface area contributed by atoms with Crippen LogP contribution in [0.25, 0.3) is 0 Å². The van der Waals surface area contributed by atoms with Gasteiger partial charge in [-0.2, -0.15) is 5.26 Å². The molecule has 0 aliphatic heterocycles. The largest absolute Gasteiger partial charge is 0.469 e. The molecule has 0 fully saturated rings. The summed E-state index contributed by atoms with van der Waals surface area (Å²) >= 11 is 0. The Morgan fingerprint density at radius 2 is 2.00 bits per heavy atom. The molecule has 0 amide bonds. The van der Waals surface area contributed by atoms with Gasteiger partial charge in [0, 0.05) is 0 Å². The minimum absolute atomic E-state index is 0.128. The topological polar surface area (TPSA) is 50.1 Å². The minimum atomic E-state index is -0.489. The number of esters is 1. The highest BCUT2D eigenvalue weighted by Crippen LogP contribution is 2.41. The number of allylic oxidation sites excluding steroid dienone is 4. The summed E-state index contributed by atoms with van der Waals surface area (Å²) in [6, 6.07) is 2.33. The number of carbonyl (C=O) groups excluding carboxylic acids is 1. The Morgan fingerprint density at radius 1 is 1.36 bits per heavy atom. The first-order valence-electron chi connectivity index (χ1n) is 8.09. The standard InChI is InChI=1S/C19H29NO2/c1-15-9-8-10-16(13-15)19(4,17(21)22-5)12-7-6-11-18(2,3)14-20/h8-10,16H,6-7,11-13H2,1-5H3. The molecule has 1 aliphatic carbocycles. The van der Waals surface area contributed by atoms with Crippen LogP contribution in [0.3, 0.4) is 0 Å². The number of hydrogen-bond donors (Lipinski definition) is 0. The van der Waals surface area contributed by atoms with E-state index in [0.717, 1.165) is 32.1 Å². The van der Waals surface area contributed by atoms with Crippen LogP contribution in [0.4, 0.5) is 0 Å². The Balaban J connectivity index is 2.70. The predicted molar refractivity (Wildman–Crippen MR) is 89.0 cm³/mol. The number of hydrogen-bond acceptors (Lipinski definition) is 3. The third-order valence-electron chi connectivity index (χ3n) is 4.79. The van der Waals surface area contributed by atoms with Crippen molar-refractivity contribution in [2.24, 2.45) is 16.7 Å². The van der Waals surface area contributed by atoms with Crippen LogP contribution in [0.5, 0.6) is 0 Å². The molecule has 0 spiro atoms. The van der Waals surface area contributed by atoms with Gasteiger partial charge in [-0.25, -0.2) is 0 Å². The van der Waals surface area contributed by atoms with E-state index in [0.29, 0.717) is 0 Å². The quantitative estimate of drug-likeness (QED) is 0.501. The van der Waals surface area contributed by atoms with Gasteiger partial charge in [0.05, 0.1) is 24.0 Å². The van der Waals surface area contributed by atoms with E-state index in [4.69, 9.17) is 10.00 Å². The first-order chi connectivity index (χ1) is 10.2. The monoisotopic (exact) mass is 303 g/mol. The molecule has 0 aromatic carbocycles. The van der Waals surface area contributed by atoms with Gasteiger partial charge in [-0.15, -0.1) is 0 Å². The fourth-order valence-corrected chi connectivity index (χ4v) is 3.06. The molecule has 0 heterocycles. The highest BCUT2D eigenvalue weighted by Gasteiger charge is 2.41. The van der Waals surface area contributed by atoms with Gasteiger partial charge in [0.15, 0.2) is 0 Å². The fourth-order valence-electron chi connectivity index (χ4n) is 3.06. The SMILES string of the molecule is COC(=O)C(C)(CCCCC(C)(C)C#N)C1C=CC=C(C)C1. The van der Waals surface area contributed by atoms with Crippen molar-refractivity contribution in [2.75, 3.05) is 7.11 Å². The van der Waals surface area contributed by atoms with Crippen LogP contribution in [0.2, 0.25) is 0 Å². The maximum atomic E-state index is 12.4. The Hall–Kier alpha value is -1.56. The molecule has 3 heteroatoms. The van der Waals surface area contributed by atoms with Crippen LogP contribution >= 0.6 is 0 Å². The second kappa shape index (κ2) is 7.63. The van der Waals surface area contributed by atoms with Crippen LogP contribution in [0.1, 0.15) is 59.8 Å². The van der Waals surface area contributed by atoms with Crippen molar-refractivity contribution in [3.63, 3.8) is 0 Å². The second-order valence-corrected chi connectivity index (χ2v) is 7.32. The fraction of sp³-hybridized carbons (Fsp3) is 0.684. The molecular weight excluding hydrogens is 274 g/mol. The maximum Gasteiger partial charge on any atom is 0.312 e. The number of unbranched alkanes of at least 4 members (excludes halogenated alkanes) is 1. The van der Waals surface area contributed by atoms with E-state index in [2.05, 4.69) is 25.1 Å². The van der Waals surface area contributed by atoms with Crippen molar-refractivity contribution in [1.29, 1.82) is 5.26 Å². The molecule has 2 atom stereocenters. The Bertz CT molecular complexity index is 496. The zero-order chi connectivity index (χ0) is 16.8. The summed E-state index contributed by atoms with van der Waals surface area (Å²) in [5.74, 6) is 0.0605. The van der Waals surface area contributed by atoms with Crippen molar-refractivity contribution in [3.05, 3.63) is 23.8 Å². The van der Waals surface area contributed by atoms with Gasteiger partial charge in [0.25, 0.3) is 0 Å². The summed E-state index contributed by atoms with van der Waals surface area (Å²) in [6.07, 6.45) is 10.7. The van der Waals surface area contributed by atoms with Crippen molar-refractivity contribution in [2.45, 2.75) is 59.8 Å². The molecule has 3 nitrogen and oxygen atoms in total. The molecule has 0 saturated carbocycles. The number of ether oxygens (including phenoxy) is 1. The maximum absolute atomic E-state index is 12.4. The smallest absolute Gasteiger partial charge is 0.312 e. The van der Waals surface area contributed by atoms with E-state index < -0.39 is 5.41 Å². The van der Waals surface area contributed by atoms with Crippen molar-refractivity contribution in [1.82, 2.24) is 0 Å². The van der Waals surface area contributed by atoms with Gasteiger partial charge in [-0.1, -0.05) is 36.6 Å². The molecular formula is C19H29NO2. The van der Waals surface area contributed by atoms with E-state index >= 15 is 0 Å². The first-order valence-corrected chi connectivity index (χ1v) is 8.09. The Morgan fingerprint density at radius 3 is 2.55 bits per heavy atom. The number of nitrogens with zero attached hydrogens (tertiary/aromatic N) is 1. The van der Waals surface area contributed by atoms with Crippen LogP contribution in [0, 0.1) is 28.1 Å². The van der Waals surface area contributed by atoms with Gasteiger partial charge in [0.2, 0.25) is 0 Å². The Kier molecular flexibility index (Phi) is 6.41. The lowest BCUT2D eigenvalue weighted by Gasteiger charge is -2.35. The van der Waals surface area contributed by atoms with Crippen molar-refractivity contribution < 1.29 is 9.53 Å². The predicted octanol–water partition coefficient (Wildman–Crippen LogP) is 4.80. The zero-order valence-electron chi connectivity index (χ0n) is 14.6. The minimum Gasteiger partial charge on any atom is -0.469 e. The summed E-state index contributed by atoms with van der Waals surface area (Å²) in [4.78, 5) is 12.4. The van der Waals surface area contributed by atoms with Gasteiger partial charge >= 0.3 is 5.97 Å². The van der Waals surface area contributed by atoms with Gasteiger partial charge in [-0.05, 0) is 52.9 Å². The molecule has 22 heavy (non-hydrogen) atoms. The summed E-state index contributed by atoms with van der Waals surface area (Å²) in [7, 11) is 1.47. The number of rotatable bonds is 7. The van der Waals surface area contributed by atoms with E-state index in [1.54, 1.807) is 0 Å². The second-order valence-electron chi connectivity index (χ2n) is 7.32. The van der Waals surface area contributed by atoms with Crippen LogP contribution in [0.15, 0.2) is 23.8 Å². The Labute approximate surface area is 135 Å². The average Bonchev–Trinajstić information content (AvgIpc) is 2.50. The lowest BCUT2D eigenvalue weighted by Crippen LogP contribution is -2.37. The summed E-state index contributed by atoms with van der Waals surface area (Å²) < 4.78 is 5.08.